The Kier molecular flexibility index (Phi) is 4.46. The number of nitrogens with zero attached hydrogens (tertiary/aromatic N) is 1. The lowest BCUT2D eigenvalue weighted by atomic mass is 10.2. The first kappa shape index (κ1) is 14.3. The fourth-order valence-electron chi connectivity index (χ4n) is 1.26. The minimum atomic E-state index is -1.69. The van der Waals surface area contributed by atoms with Gasteiger partial charge in [-0.05, 0) is 29.8 Å². The molecule has 0 saturated heterocycles. The van der Waals surface area contributed by atoms with Crippen LogP contribution in [-0.4, -0.2) is 13.3 Å². The molecule has 0 aliphatic carbocycles. The molecule has 1 aromatic rings. The third-order valence-corrected chi connectivity index (χ3v) is 8.05. The Balaban J connectivity index is 2.74. The van der Waals surface area contributed by atoms with Crippen LogP contribution in [0.4, 0.5) is 0 Å². The van der Waals surface area contributed by atoms with Crippen LogP contribution in [0, 0.1) is 0 Å². The Morgan fingerprint density at radius 1 is 1.35 bits per heavy atom. The minimum absolute atomic E-state index is 0.234. The summed E-state index contributed by atoms with van der Waals surface area (Å²) in [6.07, 6.45) is 1.78. The van der Waals surface area contributed by atoms with E-state index >= 15 is 0 Å². The first-order chi connectivity index (χ1) is 7.78. The first-order valence-corrected chi connectivity index (χ1v) is 8.95. The second-order valence-electron chi connectivity index (χ2n) is 5.86. The van der Waals surface area contributed by atoms with Crippen LogP contribution < -0.4 is 5.73 Å². The summed E-state index contributed by atoms with van der Waals surface area (Å²) in [5.41, 5.74) is 7.72. The van der Waals surface area contributed by atoms with Gasteiger partial charge in [0.1, 0.15) is 0 Å². The van der Waals surface area contributed by atoms with Gasteiger partial charge in [0.15, 0.2) is 8.32 Å². The molecule has 0 aromatic carbocycles. The predicted octanol–water partition coefficient (Wildman–Crippen LogP) is 3.06. The number of pyridine rings is 1. The molecule has 0 atom stereocenters. The fraction of sp³-hybridized carbons (Fsp3) is 0.615. The maximum Gasteiger partial charge on any atom is 0.192 e. The summed E-state index contributed by atoms with van der Waals surface area (Å²) in [7, 11) is -1.69. The van der Waals surface area contributed by atoms with E-state index in [2.05, 4.69) is 38.8 Å². The van der Waals surface area contributed by atoms with E-state index in [0.717, 1.165) is 11.3 Å². The van der Waals surface area contributed by atoms with Crippen molar-refractivity contribution in [3.05, 3.63) is 29.6 Å². The Hall–Kier alpha value is -0.713. The quantitative estimate of drug-likeness (QED) is 0.838. The zero-order valence-corrected chi connectivity index (χ0v) is 12.6. The monoisotopic (exact) mass is 252 g/mol. The van der Waals surface area contributed by atoms with E-state index in [1.807, 2.05) is 12.1 Å². The van der Waals surface area contributed by atoms with Crippen molar-refractivity contribution >= 4 is 8.32 Å². The smallest absolute Gasteiger partial charge is 0.192 e. The van der Waals surface area contributed by atoms with Crippen molar-refractivity contribution in [2.45, 2.75) is 52.1 Å². The molecule has 0 amide bonds. The van der Waals surface area contributed by atoms with Crippen molar-refractivity contribution in [3.8, 4) is 0 Å². The zero-order chi connectivity index (χ0) is 13.1. The topological polar surface area (TPSA) is 48.1 Å². The molecular formula is C13H24N2OSi. The van der Waals surface area contributed by atoms with Crippen molar-refractivity contribution in [3.63, 3.8) is 0 Å². The fourth-order valence-corrected chi connectivity index (χ4v) is 2.21. The minimum Gasteiger partial charge on any atom is -0.412 e. The summed E-state index contributed by atoms with van der Waals surface area (Å²) in [6, 6.07) is 3.98. The number of rotatable bonds is 4. The maximum atomic E-state index is 6.17. The van der Waals surface area contributed by atoms with Crippen LogP contribution in [-0.2, 0) is 17.6 Å². The van der Waals surface area contributed by atoms with Gasteiger partial charge in [-0.1, -0.05) is 26.8 Å². The number of hydrogen-bond donors (Lipinski definition) is 1. The zero-order valence-electron chi connectivity index (χ0n) is 11.6. The summed E-state index contributed by atoms with van der Waals surface area (Å²) in [5, 5.41) is 0.234. The van der Waals surface area contributed by atoms with E-state index < -0.39 is 8.32 Å². The maximum absolute atomic E-state index is 6.17. The van der Waals surface area contributed by atoms with E-state index in [9.17, 15) is 0 Å². The highest BCUT2D eigenvalue weighted by atomic mass is 28.4. The molecule has 0 radical (unpaired) electrons. The molecule has 1 rings (SSSR count). The summed E-state index contributed by atoms with van der Waals surface area (Å²) in [5.74, 6) is 0. The first-order valence-electron chi connectivity index (χ1n) is 6.05. The van der Waals surface area contributed by atoms with Crippen LogP contribution in [0.3, 0.4) is 0 Å². The lowest BCUT2D eigenvalue weighted by Crippen LogP contribution is -2.40. The van der Waals surface area contributed by atoms with Gasteiger partial charge in [0.25, 0.3) is 0 Å². The van der Waals surface area contributed by atoms with Crippen molar-refractivity contribution in [2.75, 3.05) is 0 Å². The standard InChI is InChI=1S/C13H24N2OSi/c1-13(2,3)17(4,5)16-10-11-7-6-8-15-12(11)9-14/h6-8H,9-10,14H2,1-5H3. The molecule has 0 aliphatic heterocycles. The third-order valence-electron chi connectivity index (χ3n) is 3.57. The summed E-state index contributed by atoms with van der Waals surface area (Å²) >= 11 is 0. The van der Waals surface area contributed by atoms with Gasteiger partial charge in [-0.25, -0.2) is 0 Å². The molecular weight excluding hydrogens is 228 g/mol. The van der Waals surface area contributed by atoms with Gasteiger partial charge in [0, 0.05) is 12.7 Å². The Morgan fingerprint density at radius 2 is 2.00 bits per heavy atom. The van der Waals surface area contributed by atoms with E-state index in [0.29, 0.717) is 13.2 Å². The number of hydrogen-bond acceptors (Lipinski definition) is 3. The highest BCUT2D eigenvalue weighted by molar-refractivity contribution is 6.74. The highest BCUT2D eigenvalue weighted by Crippen LogP contribution is 2.37. The van der Waals surface area contributed by atoms with E-state index in [1.165, 1.54) is 0 Å². The molecule has 1 aromatic heterocycles. The van der Waals surface area contributed by atoms with Gasteiger partial charge in [-0.2, -0.15) is 0 Å². The Bertz CT molecular complexity index is 372. The summed E-state index contributed by atoms with van der Waals surface area (Å²) < 4.78 is 6.17. The van der Waals surface area contributed by atoms with E-state index in [4.69, 9.17) is 10.2 Å². The molecule has 17 heavy (non-hydrogen) atoms. The molecule has 0 aliphatic rings. The summed E-state index contributed by atoms with van der Waals surface area (Å²) in [6.45, 7) is 12.3. The van der Waals surface area contributed by atoms with Crippen LogP contribution in [0.1, 0.15) is 32.0 Å². The Morgan fingerprint density at radius 3 is 2.53 bits per heavy atom. The molecule has 96 valence electrons. The molecule has 1 heterocycles. The van der Waals surface area contributed by atoms with Gasteiger partial charge in [-0.15, -0.1) is 0 Å². The molecule has 3 nitrogen and oxygen atoms in total. The van der Waals surface area contributed by atoms with Crippen molar-refractivity contribution in [2.24, 2.45) is 5.73 Å². The third kappa shape index (κ3) is 3.62. The second kappa shape index (κ2) is 5.29. The molecule has 0 unspecified atom stereocenters. The Labute approximate surface area is 106 Å². The molecule has 0 bridgehead atoms. The number of aromatic nitrogens is 1. The highest BCUT2D eigenvalue weighted by Gasteiger charge is 2.37. The average Bonchev–Trinajstić information content (AvgIpc) is 2.25. The van der Waals surface area contributed by atoms with Gasteiger partial charge < -0.3 is 10.2 Å². The van der Waals surface area contributed by atoms with Crippen LogP contribution in [0.15, 0.2) is 18.3 Å². The summed E-state index contributed by atoms with van der Waals surface area (Å²) in [4.78, 5) is 4.27. The molecule has 0 fully saturated rings. The van der Waals surface area contributed by atoms with Gasteiger partial charge in [0.05, 0.1) is 12.3 Å². The van der Waals surface area contributed by atoms with Gasteiger partial charge in [0.2, 0.25) is 0 Å². The molecule has 2 N–H and O–H groups in total. The SMILES string of the molecule is CC(C)(C)[Si](C)(C)OCc1cccnc1CN. The molecule has 0 spiro atoms. The lowest BCUT2D eigenvalue weighted by Gasteiger charge is -2.36. The largest absolute Gasteiger partial charge is 0.412 e. The van der Waals surface area contributed by atoms with Crippen LogP contribution in [0.25, 0.3) is 0 Å². The van der Waals surface area contributed by atoms with Crippen molar-refractivity contribution in [1.82, 2.24) is 4.98 Å². The van der Waals surface area contributed by atoms with Crippen molar-refractivity contribution in [1.29, 1.82) is 0 Å². The van der Waals surface area contributed by atoms with Crippen LogP contribution in [0.5, 0.6) is 0 Å². The lowest BCUT2D eigenvalue weighted by molar-refractivity contribution is 0.275. The van der Waals surface area contributed by atoms with E-state index in [-0.39, 0.29) is 5.04 Å². The van der Waals surface area contributed by atoms with Crippen LogP contribution >= 0.6 is 0 Å². The second-order valence-corrected chi connectivity index (χ2v) is 10.7. The van der Waals surface area contributed by atoms with Gasteiger partial charge >= 0.3 is 0 Å². The average molecular weight is 252 g/mol. The van der Waals surface area contributed by atoms with Gasteiger partial charge in [-0.3, -0.25) is 4.98 Å². The predicted molar refractivity (Wildman–Crippen MR) is 74.1 cm³/mol. The van der Waals surface area contributed by atoms with Crippen LogP contribution in [0.2, 0.25) is 18.1 Å². The molecule has 0 saturated carbocycles. The van der Waals surface area contributed by atoms with E-state index in [1.54, 1.807) is 6.20 Å². The van der Waals surface area contributed by atoms with Crippen molar-refractivity contribution < 1.29 is 4.43 Å². The molecule has 4 heteroatoms. The number of nitrogens with two attached hydrogens (primary N) is 1. The normalized spacial score (nSPS) is 12.8.